The zero-order valence-electron chi connectivity index (χ0n) is 13.6. The van der Waals surface area contributed by atoms with Gasteiger partial charge in [0, 0.05) is 23.5 Å². The number of amides is 1. The molecular formula is C18H13F3N4O. The molecule has 3 aromatic rings. The number of aromatic nitrogens is 2. The molecule has 0 radical (unpaired) electrons. The van der Waals surface area contributed by atoms with Gasteiger partial charge in [-0.15, -0.1) is 0 Å². The van der Waals surface area contributed by atoms with Crippen molar-refractivity contribution in [1.29, 1.82) is 0 Å². The number of carbonyl (C=O) groups excluding carboxylic acids is 1. The number of nitrogens with one attached hydrogen (secondary N) is 2. The molecule has 2 N–H and O–H groups in total. The molecule has 0 aliphatic carbocycles. The summed E-state index contributed by atoms with van der Waals surface area (Å²) in [4.78, 5) is 20.5. The van der Waals surface area contributed by atoms with E-state index in [1.54, 1.807) is 6.92 Å². The van der Waals surface area contributed by atoms with Crippen LogP contribution in [-0.2, 0) is 0 Å². The Kier molecular flexibility index (Phi) is 4.83. The van der Waals surface area contributed by atoms with Gasteiger partial charge < -0.3 is 10.6 Å². The predicted octanol–water partition coefficient (Wildman–Crippen LogP) is 4.20. The second-order valence-corrected chi connectivity index (χ2v) is 5.40. The normalized spacial score (nSPS) is 10.5. The summed E-state index contributed by atoms with van der Waals surface area (Å²) in [5.41, 5.74) is 0.738. The summed E-state index contributed by atoms with van der Waals surface area (Å²) in [6.07, 6.45) is 0. The standard InChI is InChI=1S/C18H13F3N4O/c1-10-22-16(18(26)25-12-4-2-11(19)3-5-12)9-17(23-10)24-13-6-7-14(20)15(21)8-13/h2-9H,1H3,(H,25,26)(H,22,23,24). The largest absolute Gasteiger partial charge is 0.340 e. The second-order valence-electron chi connectivity index (χ2n) is 5.40. The van der Waals surface area contributed by atoms with E-state index >= 15 is 0 Å². The SMILES string of the molecule is Cc1nc(Nc2ccc(F)c(F)c2)cc(C(=O)Nc2ccc(F)cc2)n1. The average Bonchev–Trinajstić information content (AvgIpc) is 2.59. The van der Waals surface area contributed by atoms with E-state index < -0.39 is 23.4 Å². The van der Waals surface area contributed by atoms with E-state index in [-0.39, 0.29) is 17.2 Å². The Morgan fingerprint density at radius 2 is 1.58 bits per heavy atom. The van der Waals surface area contributed by atoms with Crippen LogP contribution in [0.15, 0.2) is 48.5 Å². The number of anilines is 3. The molecule has 0 saturated heterocycles. The monoisotopic (exact) mass is 358 g/mol. The molecule has 1 amide bonds. The van der Waals surface area contributed by atoms with Crippen molar-refractivity contribution in [2.45, 2.75) is 6.92 Å². The smallest absolute Gasteiger partial charge is 0.274 e. The maximum atomic E-state index is 13.3. The third kappa shape index (κ3) is 4.15. The lowest BCUT2D eigenvalue weighted by Gasteiger charge is -2.09. The summed E-state index contributed by atoms with van der Waals surface area (Å²) in [6.45, 7) is 1.59. The highest BCUT2D eigenvalue weighted by Gasteiger charge is 2.12. The summed E-state index contributed by atoms with van der Waals surface area (Å²) in [5.74, 6) is -2.35. The zero-order valence-corrected chi connectivity index (χ0v) is 13.6. The molecule has 2 aromatic carbocycles. The average molecular weight is 358 g/mol. The summed E-state index contributed by atoms with van der Waals surface area (Å²) in [5, 5.41) is 5.38. The van der Waals surface area contributed by atoms with Crippen molar-refractivity contribution in [2.75, 3.05) is 10.6 Å². The zero-order chi connectivity index (χ0) is 18.7. The van der Waals surface area contributed by atoms with Crippen molar-refractivity contribution in [3.8, 4) is 0 Å². The number of aryl methyl sites for hydroxylation is 1. The van der Waals surface area contributed by atoms with E-state index in [0.29, 0.717) is 11.5 Å². The van der Waals surface area contributed by atoms with Gasteiger partial charge in [0.15, 0.2) is 11.6 Å². The van der Waals surface area contributed by atoms with Gasteiger partial charge >= 0.3 is 0 Å². The molecule has 8 heteroatoms. The number of halogens is 3. The van der Waals surface area contributed by atoms with Crippen LogP contribution in [-0.4, -0.2) is 15.9 Å². The molecule has 0 aliphatic rings. The van der Waals surface area contributed by atoms with Gasteiger partial charge in [0.25, 0.3) is 5.91 Å². The van der Waals surface area contributed by atoms with Gasteiger partial charge in [-0.2, -0.15) is 0 Å². The number of rotatable bonds is 4. The Hall–Kier alpha value is -3.42. The Morgan fingerprint density at radius 1 is 0.885 bits per heavy atom. The van der Waals surface area contributed by atoms with Gasteiger partial charge in [-0.1, -0.05) is 0 Å². The molecule has 0 fully saturated rings. The molecule has 5 nitrogen and oxygen atoms in total. The van der Waals surface area contributed by atoms with E-state index in [4.69, 9.17) is 0 Å². The fourth-order valence-corrected chi connectivity index (χ4v) is 2.20. The first-order valence-corrected chi connectivity index (χ1v) is 7.55. The van der Waals surface area contributed by atoms with Crippen LogP contribution in [0.4, 0.5) is 30.4 Å². The molecule has 0 unspecified atom stereocenters. The van der Waals surface area contributed by atoms with E-state index in [1.807, 2.05) is 0 Å². The first kappa shape index (κ1) is 17.4. The van der Waals surface area contributed by atoms with Crippen LogP contribution in [0.25, 0.3) is 0 Å². The first-order chi connectivity index (χ1) is 12.4. The number of carbonyl (C=O) groups is 1. The van der Waals surface area contributed by atoms with Gasteiger partial charge in [0.1, 0.15) is 23.2 Å². The number of hydrogen-bond acceptors (Lipinski definition) is 4. The molecule has 1 heterocycles. The third-order valence-corrected chi connectivity index (χ3v) is 3.36. The topological polar surface area (TPSA) is 66.9 Å². The maximum absolute atomic E-state index is 13.3. The molecule has 132 valence electrons. The van der Waals surface area contributed by atoms with E-state index in [9.17, 15) is 18.0 Å². The van der Waals surface area contributed by atoms with Crippen LogP contribution >= 0.6 is 0 Å². The minimum Gasteiger partial charge on any atom is -0.340 e. The van der Waals surface area contributed by atoms with Gasteiger partial charge in [-0.05, 0) is 43.3 Å². The van der Waals surface area contributed by atoms with Gasteiger partial charge in [-0.3, -0.25) is 4.79 Å². The van der Waals surface area contributed by atoms with Crippen LogP contribution in [0.2, 0.25) is 0 Å². The lowest BCUT2D eigenvalue weighted by molar-refractivity contribution is 0.102. The van der Waals surface area contributed by atoms with Gasteiger partial charge in [0.2, 0.25) is 0 Å². The van der Waals surface area contributed by atoms with Crippen LogP contribution in [0.1, 0.15) is 16.3 Å². The highest BCUT2D eigenvalue weighted by atomic mass is 19.2. The predicted molar refractivity (Wildman–Crippen MR) is 90.8 cm³/mol. The summed E-state index contributed by atoms with van der Waals surface area (Å²) in [6, 6.07) is 9.94. The molecule has 1 aromatic heterocycles. The van der Waals surface area contributed by atoms with Gasteiger partial charge in [0.05, 0.1) is 0 Å². The molecule has 26 heavy (non-hydrogen) atoms. The molecule has 3 rings (SSSR count). The molecule has 0 bridgehead atoms. The van der Waals surface area contributed by atoms with Crippen molar-refractivity contribution in [3.63, 3.8) is 0 Å². The van der Waals surface area contributed by atoms with Crippen molar-refractivity contribution in [1.82, 2.24) is 9.97 Å². The fourth-order valence-electron chi connectivity index (χ4n) is 2.20. The van der Waals surface area contributed by atoms with Crippen LogP contribution in [0.5, 0.6) is 0 Å². The maximum Gasteiger partial charge on any atom is 0.274 e. The summed E-state index contributed by atoms with van der Waals surface area (Å²) >= 11 is 0. The minimum absolute atomic E-state index is 0.0620. The Bertz CT molecular complexity index is 961. The van der Waals surface area contributed by atoms with Crippen molar-refractivity contribution < 1.29 is 18.0 Å². The Balaban J connectivity index is 1.81. The Morgan fingerprint density at radius 3 is 2.27 bits per heavy atom. The van der Waals surface area contributed by atoms with E-state index in [0.717, 1.165) is 12.1 Å². The van der Waals surface area contributed by atoms with Crippen LogP contribution in [0.3, 0.4) is 0 Å². The number of nitrogens with zero attached hydrogens (tertiary/aromatic N) is 2. The highest BCUT2D eigenvalue weighted by Crippen LogP contribution is 2.19. The second kappa shape index (κ2) is 7.22. The molecule has 0 aliphatic heterocycles. The molecule has 0 saturated carbocycles. The highest BCUT2D eigenvalue weighted by molar-refractivity contribution is 6.03. The fraction of sp³-hybridized carbons (Fsp3) is 0.0556. The lowest BCUT2D eigenvalue weighted by atomic mass is 10.2. The van der Waals surface area contributed by atoms with E-state index in [2.05, 4.69) is 20.6 Å². The lowest BCUT2D eigenvalue weighted by Crippen LogP contribution is -2.15. The van der Waals surface area contributed by atoms with Crippen molar-refractivity contribution in [2.24, 2.45) is 0 Å². The van der Waals surface area contributed by atoms with Crippen LogP contribution in [0, 0.1) is 24.4 Å². The molecular weight excluding hydrogens is 345 g/mol. The molecule has 0 spiro atoms. The molecule has 0 atom stereocenters. The summed E-state index contributed by atoms with van der Waals surface area (Å²) < 4.78 is 39.2. The quantitative estimate of drug-likeness (QED) is 0.734. The third-order valence-electron chi connectivity index (χ3n) is 3.36. The van der Waals surface area contributed by atoms with Gasteiger partial charge in [-0.25, -0.2) is 23.1 Å². The number of hydrogen-bond donors (Lipinski definition) is 2. The van der Waals surface area contributed by atoms with Crippen molar-refractivity contribution in [3.05, 3.63) is 77.5 Å². The van der Waals surface area contributed by atoms with Crippen molar-refractivity contribution >= 4 is 23.1 Å². The minimum atomic E-state index is -1.00. The number of benzene rings is 2. The Labute approximate surface area is 146 Å². The summed E-state index contributed by atoms with van der Waals surface area (Å²) in [7, 11) is 0. The first-order valence-electron chi connectivity index (χ1n) is 7.55. The van der Waals surface area contributed by atoms with Crippen LogP contribution < -0.4 is 10.6 Å². The van der Waals surface area contributed by atoms with E-state index in [1.165, 1.54) is 36.4 Å².